The number of amides is 1. The van der Waals surface area contributed by atoms with E-state index in [1.165, 1.54) is 11.3 Å². The Morgan fingerprint density at radius 1 is 1.30 bits per heavy atom. The van der Waals surface area contributed by atoms with Gasteiger partial charge in [-0.15, -0.1) is 11.3 Å². The average molecular weight is 369 g/mol. The van der Waals surface area contributed by atoms with Crippen LogP contribution in [0.2, 0.25) is 5.02 Å². The number of halogens is 2. The molecule has 0 fully saturated rings. The quantitative estimate of drug-likeness (QED) is 0.684. The Kier molecular flexibility index (Phi) is 3.69. The molecule has 0 spiro atoms. The lowest BCUT2D eigenvalue weighted by molar-refractivity contribution is 0.102. The molecule has 0 saturated carbocycles. The standard InChI is InChI=1S/C13H7BrClN3OS/c14-10-5-7(3-4-16-10)13(19)18-11-8(15)1-2-9-12(11)17-6-20-9/h1-6H,(H,18,19). The first kappa shape index (κ1) is 13.5. The third-order valence-corrected chi connectivity index (χ3v) is 4.22. The van der Waals surface area contributed by atoms with Gasteiger partial charge >= 0.3 is 0 Å². The molecule has 3 rings (SSSR count). The van der Waals surface area contributed by atoms with Gasteiger partial charge in [0.05, 0.1) is 20.9 Å². The van der Waals surface area contributed by atoms with Crippen LogP contribution in [0, 0.1) is 0 Å². The van der Waals surface area contributed by atoms with Gasteiger partial charge in [0.15, 0.2) is 0 Å². The largest absolute Gasteiger partial charge is 0.319 e. The zero-order valence-electron chi connectivity index (χ0n) is 9.93. The molecular weight excluding hydrogens is 362 g/mol. The molecular formula is C13H7BrClN3OS. The number of anilines is 1. The monoisotopic (exact) mass is 367 g/mol. The van der Waals surface area contributed by atoms with Crippen molar-refractivity contribution in [3.63, 3.8) is 0 Å². The third kappa shape index (κ3) is 2.54. The lowest BCUT2D eigenvalue weighted by Crippen LogP contribution is -2.12. The smallest absolute Gasteiger partial charge is 0.255 e. The lowest BCUT2D eigenvalue weighted by atomic mass is 10.2. The molecule has 0 unspecified atom stereocenters. The molecule has 0 saturated heterocycles. The number of nitrogens with one attached hydrogen (secondary N) is 1. The SMILES string of the molecule is O=C(Nc1c(Cl)ccc2scnc12)c1ccnc(Br)c1. The van der Waals surface area contributed by atoms with Crippen molar-refractivity contribution in [3.8, 4) is 0 Å². The van der Waals surface area contributed by atoms with Crippen molar-refractivity contribution in [1.82, 2.24) is 9.97 Å². The number of carbonyl (C=O) groups is 1. The molecule has 7 heteroatoms. The highest BCUT2D eigenvalue weighted by molar-refractivity contribution is 9.10. The highest BCUT2D eigenvalue weighted by Crippen LogP contribution is 2.32. The van der Waals surface area contributed by atoms with E-state index in [-0.39, 0.29) is 5.91 Å². The summed E-state index contributed by atoms with van der Waals surface area (Å²) in [5, 5.41) is 3.27. The molecule has 2 aromatic heterocycles. The zero-order chi connectivity index (χ0) is 14.1. The van der Waals surface area contributed by atoms with Crippen molar-refractivity contribution in [1.29, 1.82) is 0 Å². The highest BCUT2D eigenvalue weighted by Gasteiger charge is 2.13. The van der Waals surface area contributed by atoms with E-state index < -0.39 is 0 Å². The second-order valence-electron chi connectivity index (χ2n) is 3.94. The van der Waals surface area contributed by atoms with E-state index in [0.717, 1.165) is 4.70 Å². The predicted octanol–water partition coefficient (Wildman–Crippen LogP) is 4.36. The topological polar surface area (TPSA) is 54.9 Å². The maximum absolute atomic E-state index is 12.2. The molecule has 20 heavy (non-hydrogen) atoms. The second-order valence-corrected chi connectivity index (χ2v) is 6.05. The van der Waals surface area contributed by atoms with Crippen LogP contribution in [0.1, 0.15) is 10.4 Å². The van der Waals surface area contributed by atoms with E-state index in [1.807, 2.05) is 6.07 Å². The van der Waals surface area contributed by atoms with Gasteiger partial charge in [0.2, 0.25) is 0 Å². The van der Waals surface area contributed by atoms with E-state index in [1.54, 1.807) is 29.9 Å². The first-order valence-corrected chi connectivity index (χ1v) is 7.65. The van der Waals surface area contributed by atoms with E-state index in [2.05, 4.69) is 31.2 Å². The Labute approximate surface area is 131 Å². The van der Waals surface area contributed by atoms with Crippen LogP contribution in [0.25, 0.3) is 10.2 Å². The zero-order valence-corrected chi connectivity index (χ0v) is 13.1. The summed E-state index contributed by atoms with van der Waals surface area (Å²) in [6.45, 7) is 0. The van der Waals surface area contributed by atoms with Crippen molar-refractivity contribution < 1.29 is 4.79 Å². The summed E-state index contributed by atoms with van der Waals surface area (Å²) in [4.78, 5) is 20.5. The van der Waals surface area contributed by atoms with Crippen LogP contribution in [0.3, 0.4) is 0 Å². The summed E-state index contributed by atoms with van der Waals surface area (Å²) in [5.41, 5.74) is 3.45. The summed E-state index contributed by atoms with van der Waals surface area (Å²) in [6.07, 6.45) is 1.56. The van der Waals surface area contributed by atoms with Gasteiger partial charge in [0.1, 0.15) is 10.1 Å². The number of thiazole rings is 1. The lowest BCUT2D eigenvalue weighted by Gasteiger charge is -2.08. The molecule has 1 amide bonds. The summed E-state index contributed by atoms with van der Waals surface area (Å²) < 4.78 is 1.57. The molecule has 0 aliphatic rings. The van der Waals surface area contributed by atoms with Gasteiger partial charge in [-0.2, -0.15) is 0 Å². The number of carbonyl (C=O) groups excluding carboxylic acids is 1. The molecule has 2 heterocycles. The number of pyridine rings is 1. The number of hydrogen-bond acceptors (Lipinski definition) is 4. The number of nitrogens with zero attached hydrogens (tertiary/aromatic N) is 2. The summed E-state index contributed by atoms with van der Waals surface area (Å²) in [5.74, 6) is -0.254. The number of fused-ring (bicyclic) bond motifs is 1. The van der Waals surface area contributed by atoms with Crippen LogP contribution in [0.4, 0.5) is 5.69 Å². The van der Waals surface area contributed by atoms with Gasteiger partial charge in [-0.3, -0.25) is 4.79 Å². The third-order valence-electron chi connectivity index (χ3n) is 2.68. The summed E-state index contributed by atoms with van der Waals surface area (Å²) in [7, 11) is 0. The summed E-state index contributed by atoms with van der Waals surface area (Å²) >= 11 is 10.9. The fourth-order valence-electron chi connectivity index (χ4n) is 1.75. The molecule has 1 N–H and O–H groups in total. The van der Waals surface area contributed by atoms with Crippen LogP contribution in [-0.4, -0.2) is 15.9 Å². The Morgan fingerprint density at radius 2 is 2.15 bits per heavy atom. The molecule has 0 aliphatic carbocycles. The molecule has 0 bridgehead atoms. The Morgan fingerprint density at radius 3 is 2.95 bits per heavy atom. The molecule has 4 nitrogen and oxygen atoms in total. The van der Waals surface area contributed by atoms with E-state index >= 15 is 0 Å². The number of rotatable bonds is 2. The summed E-state index contributed by atoms with van der Waals surface area (Å²) in [6, 6.07) is 6.91. The van der Waals surface area contributed by atoms with Crippen LogP contribution in [-0.2, 0) is 0 Å². The maximum Gasteiger partial charge on any atom is 0.255 e. The van der Waals surface area contributed by atoms with Gasteiger partial charge in [-0.05, 0) is 40.2 Å². The predicted molar refractivity (Wildman–Crippen MR) is 84.5 cm³/mol. The van der Waals surface area contributed by atoms with Gasteiger partial charge < -0.3 is 5.32 Å². The first-order valence-electron chi connectivity index (χ1n) is 5.60. The Hall–Kier alpha value is -1.50. The van der Waals surface area contributed by atoms with Crippen molar-refractivity contribution >= 4 is 60.7 Å². The van der Waals surface area contributed by atoms with Crippen molar-refractivity contribution in [3.05, 3.63) is 51.2 Å². The molecule has 0 atom stereocenters. The first-order chi connectivity index (χ1) is 9.65. The molecule has 1 aromatic carbocycles. The van der Waals surface area contributed by atoms with Gasteiger partial charge in [0, 0.05) is 11.8 Å². The minimum atomic E-state index is -0.254. The number of hydrogen-bond donors (Lipinski definition) is 1. The van der Waals surface area contributed by atoms with Crippen LogP contribution in [0.5, 0.6) is 0 Å². The Balaban J connectivity index is 1.99. The Bertz CT molecular complexity index is 805. The van der Waals surface area contributed by atoms with E-state index in [9.17, 15) is 4.79 Å². The van der Waals surface area contributed by atoms with Crippen molar-refractivity contribution in [2.75, 3.05) is 5.32 Å². The van der Waals surface area contributed by atoms with Crippen LogP contribution in [0.15, 0.2) is 40.6 Å². The average Bonchev–Trinajstić information content (AvgIpc) is 2.90. The number of aromatic nitrogens is 2. The minimum Gasteiger partial charge on any atom is -0.319 e. The van der Waals surface area contributed by atoms with Crippen LogP contribution < -0.4 is 5.32 Å². The van der Waals surface area contributed by atoms with Gasteiger partial charge in [-0.1, -0.05) is 11.6 Å². The van der Waals surface area contributed by atoms with E-state index in [0.29, 0.717) is 26.4 Å². The highest BCUT2D eigenvalue weighted by atomic mass is 79.9. The molecule has 3 aromatic rings. The van der Waals surface area contributed by atoms with Gasteiger partial charge in [-0.25, -0.2) is 9.97 Å². The normalized spacial score (nSPS) is 10.7. The second kappa shape index (κ2) is 5.47. The van der Waals surface area contributed by atoms with Crippen LogP contribution >= 0.6 is 38.9 Å². The molecule has 0 aliphatic heterocycles. The minimum absolute atomic E-state index is 0.254. The molecule has 100 valence electrons. The fourth-order valence-corrected chi connectivity index (χ4v) is 3.00. The fraction of sp³-hybridized carbons (Fsp3) is 0. The van der Waals surface area contributed by atoms with E-state index in [4.69, 9.17) is 11.6 Å². The molecule has 0 radical (unpaired) electrons. The van der Waals surface area contributed by atoms with Gasteiger partial charge in [0.25, 0.3) is 5.91 Å². The maximum atomic E-state index is 12.2. The number of benzene rings is 1. The van der Waals surface area contributed by atoms with Crippen molar-refractivity contribution in [2.45, 2.75) is 0 Å². The van der Waals surface area contributed by atoms with Crippen molar-refractivity contribution in [2.24, 2.45) is 0 Å².